The number of benzene rings is 2. The van der Waals surface area contributed by atoms with Gasteiger partial charge >= 0.3 is 0 Å². The second kappa shape index (κ2) is 4.60. The van der Waals surface area contributed by atoms with E-state index in [2.05, 4.69) is 60.2 Å². The van der Waals surface area contributed by atoms with Crippen LogP contribution in [-0.4, -0.2) is 10.7 Å². The van der Waals surface area contributed by atoms with Gasteiger partial charge in [0.1, 0.15) is 0 Å². The minimum Gasteiger partial charge on any atom is -0.325 e. The quantitative estimate of drug-likeness (QED) is 0.706. The van der Waals surface area contributed by atoms with E-state index in [-0.39, 0.29) is 27.0 Å². The van der Waals surface area contributed by atoms with E-state index in [0.717, 1.165) is 29.3 Å². The Hall–Kier alpha value is -1.35. The molecule has 5 rings (SSSR count). The van der Waals surface area contributed by atoms with Crippen molar-refractivity contribution in [2.75, 3.05) is 5.32 Å². The lowest BCUT2D eigenvalue weighted by Gasteiger charge is -2.64. The van der Waals surface area contributed by atoms with Crippen LogP contribution in [-0.2, 0) is 4.79 Å². The SMILES string of the molecule is CC1(C)[C@]2(C)CC[C@@]1(C(=O)Nc1cccc3ccccc13)[C@H]2Br. The number of alkyl halides is 1. The monoisotopic (exact) mass is 371 g/mol. The number of hydrogen-bond donors (Lipinski definition) is 1. The van der Waals surface area contributed by atoms with Gasteiger partial charge in [0.05, 0.1) is 5.41 Å². The highest BCUT2D eigenvalue weighted by atomic mass is 79.9. The predicted molar refractivity (Wildman–Crippen MR) is 98.8 cm³/mol. The van der Waals surface area contributed by atoms with Crippen LogP contribution in [0.5, 0.6) is 0 Å². The summed E-state index contributed by atoms with van der Waals surface area (Å²) in [6.07, 6.45) is 2.07. The maximum absolute atomic E-state index is 13.2. The number of rotatable bonds is 2. The Bertz CT molecular complexity index is 809. The molecule has 3 heteroatoms. The van der Waals surface area contributed by atoms with Gasteiger partial charge in [-0.2, -0.15) is 0 Å². The molecule has 0 radical (unpaired) electrons. The summed E-state index contributed by atoms with van der Waals surface area (Å²) in [5.41, 5.74) is 0.837. The first-order valence-electron chi connectivity index (χ1n) is 8.28. The van der Waals surface area contributed by atoms with E-state index in [1.807, 2.05) is 24.3 Å². The minimum atomic E-state index is -0.307. The smallest absolute Gasteiger partial charge is 0.232 e. The number of anilines is 1. The van der Waals surface area contributed by atoms with Crippen LogP contribution in [0.25, 0.3) is 10.8 Å². The van der Waals surface area contributed by atoms with Gasteiger partial charge in [-0.1, -0.05) is 73.1 Å². The van der Waals surface area contributed by atoms with Crippen LogP contribution >= 0.6 is 15.9 Å². The summed E-state index contributed by atoms with van der Waals surface area (Å²) in [5.74, 6) is 0.163. The lowest BCUT2D eigenvalue weighted by molar-refractivity contribution is -0.155. The number of carbonyl (C=O) groups excluding carboxylic acids is 1. The normalized spacial score (nSPS) is 34.2. The molecule has 2 aromatic rings. The lowest BCUT2D eigenvalue weighted by atomic mass is 9.43. The van der Waals surface area contributed by atoms with E-state index < -0.39 is 0 Å². The Morgan fingerprint density at radius 3 is 2.43 bits per heavy atom. The average Bonchev–Trinajstić information content (AvgIpc) is 2.95. The summed E-state index contributed by atoms with van der Waals surface area (Å²) >= 11 is 3.85. The summed E-state index contributed by atoms with van der Waals surface area (Å²) in [6.45, 7) is 6.81. The Morgan fingerprint density at radius 1 is 1.09 bits per heavy atom. The molecule has 0 aromatic heterocycles. The number of amides is 1. The van der Waals surface area contributed by atoms with Gasteiger partial charge < -0.3 is 5.32 Å². The van der Waals surface area contributed by atoms with Crippen molar-refractivity contribution in [3.8, 4) is 0 Å². The fourth-order valence-electron chi connectivity index (χ4n) is 5.03. The molecule has 0 spiro atoms. The molecule has 0 unspecified atom stereocenters. The third-order valence-electron chi connectivity index (χ3n) is 7.02. The highest BCUT2D eigenvalue weighted by Gasteiger charge is 2.80. The molecule has 1 amide bonds. The predicted octanol–water partition coefficient (Wildman–Crippen LogP) is 5.37. The molecule has 0 aliphatic heterocycles. The summed E-state index contributed by atoms with van der Waals surface area (Å²) in [4.78, 5) is 13.5. The Morgan fingerprint density at radius 2 is 1.78 bits per heavy atom. The van der Waals surface area contributed by atoms with Crippen LogP contribution < -0.4 is 5.32 Å². The van der Waals surface area contributed by atoms with E-state index in [0.29, 0.717) is 0 Å². The van der Waals surface area contributed by atoms with Gasteiger partial charge in [0.2, 0.25) is 5.91 Å². The van der Waals surface area contributed by atoms with Crippen LogP contribution in [0.15, 0.2) is 42.5 Å². The molecule has 3 fully saturated rings. The largest absolute Gasteiger partial charge is 0.325 e. The fraction of sp³-hybridized carbons (Fsp3) is 0.450. The molecule has 1 N–H and O–H groups in total. The molecule has 23 heavy (non-hydrogen) atoms. The van der Waals surface area contributed by atoms with E-state index in [1.165, 1.54) is 0 Å². The first-order valence-corrected chi connectivity index (χ1v) is 9.19. The summed E-state index contributed by atoms with van der Waals surface area (Å²) in [6, 6.07) is 14.3. The van der Waals surface area contributed by atoms with Gasteiger partial charge in [-0.25, -0.2) is 0 Å². The van der Waals surface area contributed by atoms with Gasteiger partial charge in [0.15, 0.2) is 0 Å². The van der Waals surface area contributed by atoms with Gasteiger partial charge in [-0.05, 0) is 35.1 Å². The number of nitrogens with one attached hydrogen (secondary N) is 1. The summed E-state index contributed by atoms with van der Waals surface area (Å²) in [5, 5.41) is 5.50. The Labute approximate surface area is 145 Å². The number of fused-ring (bicyclic) bond motifs is 2. The van der Waals surface area contributed by atoms with E-state index in [9.17, 15) is 4.79 Å². The third kappa shape index (κ3) is 1.62. The molecule has 120 valence electrons. The third-order valence-corrected chi connectivity index (χ3v) is 8.81. The number of halogens is 1. The Kier molecular flexibility index (Phi) is 3.04. The van der Waals surface area contributed by atoms with E-state index >= 15 is 0 Å². The molecule has 2 aromatic carbocycles. The highest BCUT2D eigenvalue weighted by molar-refractivity contribution is 9.09. The topological polar surface area (TPSA) is 29.1 Å². The first-order chi connectivity index (χ1) is 10.8. The molecular formula is C20H22BrNO. The van der Waals surface area contributed by atoms with Gasteiger partial charge in [-0.3, -0.25) is 4.79 Å². The second-order valence-electron chi connectivity index (χ2n) is 7.86. The Balaban J connectivity index is 1.71. The number of hydrogen-bond acceptors (Lipinski definition) is 1. The highest BCUT2D eigenvalue weighted by Crippen LogP contribution is 2.79. The zero-order valence-corrected chi connectivity index (χ0v) is 15.4. The molecule has 3 atom stereocenters. The van der Waals surface area contributed by atoms with Crippen molar-refractivity contribution in [1.29, 1.82) is 0 Å². The van der Waals surface area contributed by atoms with Gasteiger partial charge in [-0.15, -0.1) is 0 Å². The van der Waals surface area contributed by atoms with Crippen LogP contribution in [0.1, 0.15) is 33.6 Å². The molecule has 3 aliphatic carbocycles. The van der Waals surface area contributed by atoms with Gasteiger partial charge in [0.25, 0.3) is 0 Å². The standard InChI is InChI=1S/C20H22BrNO/c1-18(2)19(3)11-12-20(18,16(19)21)17(23)22-15-10-6-8-13-7-4-5-9-14(13)15/h4-10,16H,11-12H2,1-3H3,(H,22,23)/t16-,19+,20-/m0/s1. The molecule has 3 saturated carbocycles. The van der Waals surface area contributed by atoms with Crippen molar-refractivity contribution in [3.63, 3.8) is 0 Å². The van der Waals surface area contributed by atoms with Crippen LogP contribution in [0.4, 0.5) is 5.69 Å². The van der Waals surface area contributed by atoms with Crippen molar-refractivity contribution < 1.29 is 4.79 Å². The molecule has 0 heterocycles. The van der Waals surface area contributed by atoms with E-state index in [1.54, 1.807) is 0 Å². The van der Waals surface area contributed by atoms with Crippen LogP contribution in [0.2, 0.25) is 0 Å². The van der Waals surface area contributed by atoms with Crippen LogP contribution in [0.3, 0.4) is 0 Å². The second-order valence-corrected chi connectivity index (χ2v) is 8.77. The average molecular weight is 372 g/mol. The molecular weight excluding hydrogens is 350 g/mol. The van der Waals surface area contributed by atoms with Crippen molar-refractivity contribution in [2.45, 2.75) is 38.4 Å². The van der Waals surface area contributed by atoms with Crippen LogP contribution in [0, 0.1) is 16.2 Å². The maximum atomic E-state index is 13.2. The minimum absolute atomic E-state index is 0.0167. The summed E-state index contributed by atoms with van der Waals surface area (Å²) in [7, 11) is 0. The molecule has 3 aliphatic rings. The molecule has 2 bridgehead atoms. The fourth-order valence-corrected chi connectivity index (χ4v) is 6.84. The van der Waals surface area contributed by atoms with Crippen molar-refractivity contribution >= 4 is 38.3 Å². The van der Waals surface area contributed by atoms with Crippen molar-refractivity contribution in [1.82, 2.24) is 0 Å². The zero-order valence-electron chi connectivity index (χ0n) is 13.8. The van der Waals surface area contributed by atoms with Crippen molar-refractivity contribution in [2.24, 2.45) is 16.2 Å². The van der Waals surface area contributed by atoms with Gasteiger partial charge in [0, 0.05) is 15.9 Å². The lowest BCUT2D eigenvalue weighted by Crippen LogP contribution is -2.68. The van der Waals surface area contributed by atoms with E-state index in [4.69, 9.17) is 0 Å². The maximum Gasteiger partial charge on any atom is 0.232 e. The molecule has 2 nitrogen and oxygen atoms in total. The first kappa shape index (κ1) is 15.2. The zero-order chi connectivity index (χ0) is 16.5. The van der Waals surface area contributed by atoms with Crippen molar-refractivity contribution in [3.05, 3.63) is 42.5 Å². The number of carbonyl (C=O) groups is 1. The molecule has 0 saturated heterocycles. The summed E-state index contributed by atoms with van der Waals surface area (Å²) < 4.78 is 0.